The zero-order valence-electron chi connectivity index (χ0n) is 14.6. The Morgan fingerprint density at radius 1 is 1.19 bits per heavy atom. The summed E-state index contributed by atoms with van der Waals surface area (Å²) in [5.41, 5.74) is 2.08. The van der Waals surface area contributed by atoms with Crippen molar-refractivity contribution in [2.24, 2.45) is 0 Å². The maximum absolute atomic E-state index is 10.0. The molecule has 0 spiro atoms. The number of nitrogens with one attached hydrogen (secondary N) is 2. The largest absolute Gasteiger partial charge is 0.506 e. The second-order valence-corrected chi connectivity index (χ2v) is 6.38. The van der Waals surface area contributed by atoms with Gasteiger partial charge in [0.1, 0.15) is 11.6 Å². The second-order valence-electron chi connectivity index (χ2n) is 5.94. The van der Waals surface area contributed by atoms with Crippen LogP contribution in [-0.2, 0) is 0 Å². The monoisotopic (exact) mass is 369 g/mol. The molecule has 134 valence electrons. The van der Waals surface area contributed by atoms with Crippen LogP contribution in [0, 0.1) is 0 Å². The summed E-state index contributed by atoms with van der Waals surface area (Å²) >= 11 is 6.02. The summed E-state index contributed by atoms with van der Waals surface area (Å²) in [6, 6.07) is 10.6. The summed E-state index contributed by atoms with van der Waals surface area (Å²) < 4.78 is 0. The first kappa shape index (κ1) is 17.9. The van der Waals surface area contributed by atoms with E-state index in [1.165, 1.54) is 6.07 Å². The first-order valence-corrected chi connectivity index (χ1v) is 8.74. The maximum Gasteiger partial charge on any atom is 0.225 e. The van der Waals surface area contributed by atoms with Gasteiger partial charge >= 0.3 is 0 Å². The summed E-state index contributed by atoms with van der Waals surface area (Å²) in [5, 5.41) is 17.0. The molecule has 0 saturated heterocycles. The molecule has 26 heavy (non-hydrogen) atoms. The number of hydrogen-bond acceptors (Lipinski definition) is 6. The van der Waals surface area contributed by atoms with Crippen LogP contribution in [0.1, 0.15) is 20.3 Å². The van der Waals surface area contributed by atoms with E-state index in [9.17, 15) is 5.11 Å². The number of aromatic nitrogens is 3. The molecular formula is C19H20ClN5O. The van der Waals surface area contributed by atoms with Crippen LogP contribution >= 0.6 is 11.6 Å². The van der Waals surface area contributed by atoms with Crippen molar-refractivity contribution in [2.75, 3.05) is 10.6 Å². The van der Waals surface area contributed by atoms with Crippen molar-refractivity contribution in [3.63, 3.8) is 0 Å². The fraction of sp³-hybridized carbons (Fsp3) is 0.211. The third kappa shape index (κ3) is 4.40. The summed E-state index contributed by atoms with van der Waals surface area (Å²) in [4.78, 5) is 13.2. The van der Waals surface area contributed by atoms with E-state index in [-0.39, 0.29) is 11.8 Å². The van der Waals surface area contributed by atoms with Gasteiger partial charge in [-0.05, 0) is 43.7 Å². The van der Waals surface area contributed by atoms with Gasteiger partial charge in [0.2, 0.25) is 5.95 Å². The molecule has 0 aliphatic rings. The van der Waals surface area contributed by atoms with Gasteiger partial charge in [-0.25, -0.2) is 4.98 Å². The molecule has 0 aliphatic heterocycles. The van der Waals surface area contributed by atoms with Crippen LogP contribution in [0.4, 0.5) is 17.5 Å². The first-order valence-electron chi connectivity index (χ1n) is 8.36. The van der Waals surface area contributed by atoms with Gasteiger partial charge in [-0.1, -0.05) is 18.5 Å². The van der Waals surface area contributed by atoms with Gasteiger partial charge in [0, 0.05) is 35.1 Å². The molecule has 0 aliphatic carbocycles. The molecular weight excluding hydrogens is 350 g/mol. The van der Waals surface area contributed by atoms with Gasteiger partial charge in [-0.15, -0.1) is 0 Å². The smallest absolute Gasteiger partial charge is 0.225 e. The van der Waals surface area contributed by atoms with Gasteiger partial charge in [-0.3, -0.25) is 4.98 Å². The van der Waals surface area contributed by atoms with E-state index in [4.69, 9.17) is 11.6 Å². The number of benzene rings is 1. The normalized spacial score (nSPS) is 11.8. The van der Waals surface area contributed by atoms with E-state index < -0.39 is 0 Å². The average Bonchev–Trinajstić information content (AvgIpc) is 2.65. The number of anilines is 3. The zero-order valence-corrected chi connectivity index (χ0v) is 15.3. The van der Waals surface area contributed by atoms with Crippen molar-refractivity contribution < 1.29 is 5.11 Å². The lowest BCUT2D eigenvalue weighted by molar-refractivity contribution is 0.477. The molecule has 1 atom stereocenters. The predicted molar refractivity (Wildman–Crippen MR) is 105 cm³/mol. The highest BCUT2D eigenvalue weighted by atomic mass is 35.5. The Bertz CT molecular complexity index is 888. The van der Waals surface area contributed by atoms with Crippen molar-refractivity contribution in [2.45, 2.75) is 26.3 Å². The van der Waals surface area contributed by atoms with E-state index >= 15 is 0 Å². The van der Waals surface area contributed by atoms with E-state index in [1.807, 2.05) is 12.1 Å². The molecule has 3 rings (SSSR count). The highest BCUT2D eigenvalue weighted by Gasteiger charge is 2.11. The summed E-state index contributed by atoms with van der Waals surface area (Å²) in [6.07, 6.45) is 4.40. The Labute approximate surface area is 157 Å². The van der Waals surface area contributed by atoms with Crippen molar-refractivity contribution in [1.29, 1.82) is 0 Å². The minimum Gasteiger partial charge on any atom is -0.506 e. The minimum absolute atomic E-state index is 0.0902. The molecule has 0 amide bonds. The molecule has 3 aromatic rings. The molecule has 0 unspecified atom stereocenters. The Morgan fingerprint density at radius 2 is 2.04 bits per heavy atom. The van der Waals surface area contributed by atoms with E-state index in [1.54, 1.807) is 30.6 Å². The third-order valence-corrected chi connectivity index (χ3v) is 4.13. The minimum atomic E-state index is 0.0902. The van der Waals surface area contributed by atoms with Gasteiger partial charge < -0.3 is 15.7 Å². The van der Waals surface area contributed by atoms with Crippen molar-refractivity contribution in [3.05, 3.63) is 53.8 Å². The highest BCUT2D eigenvalue weighted by Crippen LogP contribution is 2.30. The molecule has 6 nitrogen and oxygen atoms in total. The molecule has 3 N–H and O–H groups in total. The third-order valence-electron chi connectivity index (χ3n) is 3.89. The second kappa shape index (κ2) is 8.01. The van der Waals surface area contributed by atoms with Crippen LogP contribution in [0.2, 0.25) is 5.02 Å². The standard InChI is InChI=1S/C19H20ClN5O/c1-3-12(2)22-19-24-15(13-5-4-8-21-11-13)10-18(25-19)23-16-9-14(20)6-7-17(16)26/h4-12,26H,3H2,1-2H3,(H2,22,23,24,25)/t12-/m1/s1. The van der Waals surface area contributed by atoms with Gasteiger partial charge in [-0.2, -0.15) is 4.98 Å². The van der Waals surface area contributed by atoms with E-state index in [0.29, 0.717) is 22.5 Å². The fourth-order valence-electron chi connectivity index (χ4n) is 2.31. The number of pyridine rings is 1. The first-order chi connectivity index (χ1) is 12.5. The lowest BCUT2D eigenvalue weighted by atomic mass is 10.2. The Morgan fingerprint density at radius 3 is 2.77 bits per heavy atom. The number of nitrogens with zero attached hydrogens (tertiary/aromatic N) is 3. The number of halogens is 1. The van der Waals surface area contributed by atoms with Crippen LogP contribution in [0.3, 0.4) is 0 Å². The van der Waals surface area contributed by atoms with Crippen LogP contribution < -0.4 is 10.6 Å². The molecule has 2 aromatic heterocycles. The summed E-state index contributed by atoms with van der Waals surface area (Å²) in [7, 11) is 0. The lowest BCUT2D eigenvalue weighted by Crippen LogP contribution is -2.16. The predicted octanol–water partition coefficient (Wildman–Crippen LogP) is 4.85. The average molecular weight is 370 g/mol. The van der Waals surface area contributed by atoms with Crippen molar-refractivity contribution in [1.82, 2.24) is 15.0 Å². The van der Waals surface area contributed by atoms with E-state index in [0.717, 1.165) is 17.7 Å². The topological polar surface area (TPSA) is 83.0 Å². The number of aromatic hydroxyl groups is 1. The van der Waals surface area contributed by atoms with Crippen molar-refractivity contribution in [3.8, 4) is 17.0 Å². The van der Waals surface area contributed by atoms with Crippen molar-refractivity contribution >= 4 is 29.1 Å². The van der Waals surface area contributed by atoms with Crippen LogP contribution in [-0.4, -0.2) is 26.1 Å². The van der Waals surface area contributed by atoms with Gasteiger partial charge in [0.25, 0.3) is 0 Å². The SMILES string of the molecule is CC[C@@H](C)Nc1nc(Nc2cc(Cl)ccc2O)cc(-c2cccnc2)n1. The zero-order chi connectivity index (χ0) is 18.5. The highest BCUT2D eigenvalue weighted by molar-refractivity contribution is 6.30. The molecule has 2 heterocycles. The van der Waals surface area contributed by atoms with Gasteiger partial charge in [0.05, 0.1) is 11.4 Å². The molecule has 1 aromatic carbocycles. The lowest BCUT2D eigenvalue weighted by Gasteiger charge is -2.15. The Kier molecular flexibility index (Phi) is 5.53. The summed E-state index contributed by atoms with van der Waals surface area (Å²) in [5.74, 6) is 1.14. The quantitative estimate of drug-likeness (QED) is 0.538. The number of hydrogen-bond donors (Lipinski definition) is 3. The summed E-state index contributed by atoms with van der Waals surface area (Å²) in [6.45, 7) is 4.15. The van der Waals surface area contributed by atoms with Gasteiger partial charge in [0.15, 0.2) is 0 Å². The van der Waals surface area contributed by atoms with Crippen LogP contribution in [0.15, 0.2) is 48.8 Å². The Hall–Kier alpha value is -2.86. The maximum atomic E-state index is 10.0. The van der Waals surface area contributed by atoms with E-state index in [2.05, 4.69) is 39.4 Å². The fourth-order valence-corrected chi connectivity index (χ4v) is 2.48. The Balaban J connectivity index is 2.00. The molecule has 0 fully saturated rings. The molecule has 0 saturated carbocycles. The van der Waals surface area contributed by atoms with Crippen LogP contribution in [0.5, 0.6) is 5.75 Å². The molecule has 0 radical (unpaired) electrons. The molecule has 0 bridgehead atoms. The number of rotatable bonds is 6. The number of phenolic OH excluding ortho intramolecular Hbond substituents is 1. The number of phenols is 1. The molecule has 7 heteroatoms. The van der Waals surface area contributed by atoms with Crippen LogP contribution in [0.25, 0.3) is 11.3 Å².